The number of hydrogen-bond acceptors (Lipinski definition) is 4. The first kappa shape index (κ1) is 15.6. The Morgan fingerprint density at radius 2 is 2.14 bits per heavy atom. The van der Waals surface area contributed by atoms with Gasteiger partial charge in [-0.15, -0.1) is 0 Å². The standard InChI is InChI=1S/C14H18ClN3O3/c1-21-12-4-3-10(15)9-11(12)17-13(19)14(20)18-7-2-5-16-6-8-18/h3-4,9,16H,2,5-8H2,1H3,(H,17,19). The van der Waals surface area contributed by atoms with Crippen LogP contribution in [0.25, 0.3) is 0 Å². The Labute approximate surface area is 128 Å². The minimum Gasteiger partial charge on any atom is -0.495 e. The van der Waals surface area contributed by atoms with Crippen LogP contribution in [-0.2, 0) is 9.59 Å². The molecule has 1 saturated heterocycles. The highest BCUT2D eigenvalue weighted by Gasteiger charge is 2.23. The maximum Gasteiger partial charge on any atom is 0.314 e. The van der Waals surface area contributed by atoms with E-state index in [0.29, 0.717) is 36.1 Å². The minimum atomic E-state index is -0.683. The molecule has 6 nitrogen and oxygen atoms in total. The highest BCUT2D eigenvalue weighted by molar-refractivity contribution is 6.40. The molecule has 1 aromatic carbocycles. The van der Waals surface area contributed by atoms with E-state index < -0.39 is 11.8 Å². The maximum absolute atomic E-state index is 12.2. The Morgan fingerprint density at radius 3 is 2.90 bits per heavy atom. The first-order chi connectivity index (χ1) is 10.1. The van der Waals surface area contributed by atoms with Gasteiger partial charge >= 0.3 is 11.8 Å². The van der Waals surface area contributed by atoms with E-state index in [4.69, 9.17) is 16.3 Å². The van der Waals surface area contributed by atoms with E-state index in [9.17, 15) is 9.59 Å². The molecule has 1 aliphatic rings. The summed E-state index contributed by atoms with van der Waals surface area (Å²) in [6.45, 7) is 2.65. The smallest absolute Gasteiger partial charge is 0.314 e. The van der Waals surface area contributed by atoms with Gasteiger partial charge < -0.3 is 20.3 Å². The molecule has 0 aromatic heterocycles. The highest BCUT2D eigenvalue weighted by atomic mass is 35.5. The molecule has 114 valence electrons. The number of methoxy groups -OCH3 is 1. The number of nitrogens with one attached hydrogen (secondary N) is 2. The summed E-state index contributed by atoms with van der Waals surface area (Å²) in [7, 11) is 1.49. The van der Waals surface area contributed by atoms with Crippen LogP contribution in [0.15, 0.2) is 18.2 Å². The van der Waals surface area contributed by atoms with Gasteiger partial charge in [0.05, 0.1) is 12.8 Å². The Kier molecular flexibility index (Phi) is 5.41. The van der Waals surface area contributed by atoms with Crippen LogP contribution < -0.4 is 15.4 Å². The van der Waals surface area contributed by atoms with Crippen molar-refractivity contribution in [3.05, 3.63) is 23.2 Å². The van der Waals surface area contributed by atoms with Crippen molar-refractivity contribution in [1.82, 2.24) is 10.2 Å². The van der Waals surface area contributed by atoms with Crippen molar-refractivity contribution >= 4 is 29.1 Å². The molecule has 2 N–H and O–H groups in total. The van der Waals surface area contributed by atoms with Crippen LogP contribution in [0.2, 0.25) is 5.02 Å². The molecule has 0 saturated carbocycles. The first-order valence-electron chi connectivity index (χ1n) is 6.76. The first-order valence-corrected chi connectivity index (χ1v) is 7.14. The van der Waals surface area contributed by atoms with Gasteiger partial charge in [-0.2, -0.15) is 0 Å². The van der Waals surface area contributed by atoms with Crippen molar-refractivity contribution < 1.29 is 14.3 Å². The average molecular weight is 312 g/mol. The normalized spacial score (nSPS) is 15.2. The van der Waals surface area contributed by atoms with E-state index in [1.54, 1.807) is 23.1 Å². The predicted octanol–water partition coefficient (Wildman–Crippen LogP) is 1.11. The third-order valence-corrected chi connectivity index (χ3v) is 3.47. The number of hydrogen-bond donors (Lipinski definition) is 2. The SMILES string of the molecule is COc1ccc(Cl)cc1NC(=O)C(=O)N1CCCNCC1. The molecule has 0 unspecified atom stereocenters. The number of ether oxygens (including phenoxy) is 1. The minimum absolute atomic E-state index is 0.385. The second-order valence-electron chi connectivity index (χ2n) is 4.69. The molecule has 21 heavy (non-hydrogen) atoms. The Bertz CT molecular complexity index is 528. The third kappa shape index (κ3) is 4.09. The molecule has 1 aromatic rings. The fraction of sp³-hybridized carbons (Fsp3) is 0.429. The van der Waals surface area contributed by atoms with Crippen LogP contribution in [0.4, 0.5) is 5.69 Å². The monoisotopic (exact) mass is 311 g/mol. The number of anilines is 1. The number of benzene rings is 1. The largest absolute Gasteiger partial charge is 0.495 e. The molecule has 7 heteroatoms. The predicted molar refractivity (Wildman–Crippen MR) is 80.7 cm³/mol. The molecule has 1 fully saturated rings. The summed E-state index contributed by atoms with van der Waals surface area (Å²) in [5, 5.41) is 6.20. The van der Waals surface area contributed by atoms with Gasteiger partial charge in [-0.25, -0.2) is 0 Å². The van der Waals surface area contributed by atoms with Crippen molar-refractivity contribution in [1.29, 1.82) is 0 Å². The van der Waals surface area contributed by atoms with Gasteiger partial charge in [0, 0.05) is 24.7 Å². The highest BCUT2D eigenvalue weighted by Crippen LogP contribution is 2.27. The third-order valence-electron chi connectivity index (χ3n) is 3.23. The zero-order chi connectivity index (χ0) is 15.2. The summed E-state index contributed by atoms with van der Waals surface area (Å²) in [4.78, 5) is 25.8. The molecule has 0 atom stereocenters. The van der Waals surface area contributed by atoms with Gasteiger partial charge in [0.15, 0.2) is 0 Å². The molecule has 1 heterocycles. The number of rotatable bonds is 2. The van der Waals surface area contributed by atoms with Crippen LogP contribution in [-0.4, -0.2) is 50.0 Å². The van der Waals surface area contributed by atoms with Crippen molar-refractivity contribution in [3.63, 3.8) is 0 Å². The molecule has 2 rings (SSSR count). The zero-order valence-corrected chi connectivity index (χ0v) is 12.6. The van der Waals surface area contributed by atoms with Crippen molar-refractivity contribution in [2.24, 2.45) is 0 Å². The van der Waals surface area contributed by atoms with E-state index in [2.05, 4.69) is 10.6 Å². The molecule has 0 spiro atoms. The van der Waals surface area contributed by atoms with E-state index in [-0.39, 0.29) is 0 Å². The summed E-state index contributed by atoms with van der Waals surface area (Å²) in [6, 6.07) is 4.84. The molecule has 1 aliphatic heterocycles. The Hall–Kier alpha value is -1.79. The lowest BCUT2D eigenvalue weighted by Gasteiger charge is -2.19. The summed E-state index contributed by atoms with van der Waals surface area (Å²) in [5.74, 6) is -0.767. The number of carbonyl (C=O) groups is 2. The maximum atomic E-state index is 12.2. The van der Waals surface area contributed by atoms with Crippen LogP contribution in [0.1, 0.15) is 6.42 Å². The van der Waals surface area contributed by atoms with E-state index >= 15 is 0 Å². The quantitative estimate of drug-likeness (QED) is 0.803. The topological polar surface area (TPSA) is 70.7 Å². The number of nitrogens with zero attached hydrogens (tertiary/aromatic N) is 1. The summed E-state index contributed by atoms with van der Waals surface area (Å²) >= 11 is 5.90. The summed E-state index contributed by atoms with van der Waals surface area (Å²) in [6.07, 6.45) is 0.833. The Morgan fingerprint density at radius 1 is 1.33 bits per heavy atom. The molecule has 2 amide bonds. The van der Waals surface area contributed by atoms with Crippen molar-refractivity contribution in [3.8, 4) is 5.75 Å². The molecule has 0 radical (unpaired) electrons. The van der Waals surface area contributed by atoms with E-state index in [0.717, 1.165) is 13.0 Å². The van der Waals surface area contributed by atoms with Crippen molar-refractivity contribution in [2.75, 3.05) is 38.6 Å². The number of carbonyl (C=O) groups excluding carboxylic acids is 2. The number of halogens is 1. The van der Waals surface area contributed by atoms with E-state index in [1.165, 1.54) is 7.11 Å². The van der Waals surface area contributed by atoms with Crippen LogP contribution in [0, 0.1) is 0 Å². The van der Waals surface area contributed by atoms with Gasteiger partial charge in [0.25, 0.3) is 0 Å². The second kappa shape index (κ2) is 7.28. The van der Waals surface area contributed by atoms with Gasteiger partial charge in [0.1, 0.15) is 5.75 Å². The molecule has 0 bridgehead atoms. The van der Waals surface area contributed by atoms with Crippen molar-refractivity contribution in [2.45, 2.75) is 6.42 Å². The van der Waals surface area contributed by atoms with Gasteiger partial charge in [-0.3, -0.25) is 9.59 Å². The fourth-order valence-corrected chi connectivity index (χ4v) is 2.32. The van der Waals surface area contributed by atoms with Gasteiger partial charge in [-0.1, -0.05) is 11.6 Å². The van der Waals surface area contributed by atoms with Gasteiger partial charge in [-0.05, 0) is 31.2 Å². The van der Waals surface area contributed by atoms with Crippen LogP contribution in [0.3, 0.4) is 0 Å². The second-order valence-corrected chi connectivity index (χ2v) is 5.13. The fourth-order valence-electron chi connectivity index (χ4n) is 2.15. The molecule has 0 aliphatic carbocycles. The lowest BCUT2D eigenvalue weighted by molar-refractivity contribution is -0.143. The summed E-state index contributed by atoms with van der Waals surface area (Å²) < 4.78 is 5.14. The van der Waals surface area contributed by atoms with Crippen LogP contribution in [0.5, 0.6) is 5.75 Å². The molecular formula is C14H18ClN3O3. The Balaban J connectivity index is 2.06. The zero-order valence-electron chi connectivity index (χ0n) is 11.8. The lowest BCUT2D eigenvalue weighted by atomic mass is 10.3. The summed E-state index contributed by atoms with van der Waals surface area (Å²) in [5.41, 5.74) is 0.385. The molecular weight excluding hydrogens is 294 g/mol. The van der Waals surface area contributed by atoms with Gasteiger partial charge in [0.2, 0.25) is 0 Å². The number of amides is 2. The average Bonchev–Trinajstić information content (AvgIpc) is 2.75. The lowest BCUT2D eigenvalue weighted by Crippen LogP contribution is -2.41. The van der Waals surface area contributed by atoms with E-state index in [1.807, 2.05) is 0 Å². The van der Waals surface area contributed by atoms with Crippen LogP contribution >= 0.6 is 11.6 Å².